The summed E-state index contributed by atoms with van der Waals surface area (Å²) >= 11 is 0. The van der Waals surface area contributed by atoms with Crippen LogP contribution in [0, 0.1) is 16.7 Å². The van der Waals surface area contributed by atoms with E-state index in [0.29, 0.717) is 12.8 Å². The van der Waals surface area contributed by atoms with Gasteiger partial charge in [0.05, 0.1) is 5.41 Å². The van der Waals surface area contributed by atoms with E-state index < -0.39 is 16.8 Å². The maximum Gasteiger partial charge on any atom is 0.309 e. The van der Waals surface area contributed by atoms with E-state index in [0.717, 1.165) is 6.42 Å². The zero-order valence-corrected chi connectivity index (χ0v) is 14.4. The maximum atomic E-state index is 12.7. The van der Waals surface area contributed by atoms with Gasteiger partial charge in [-0.3, -0.25) is 9.59 Å². The molecule has 0 spiro atoms. The molecule has 2 N–H and O–H groups in total. The summed E-state index contributed by atoms with van der Waals surface area (Å²) in [5.74, 6) is -1.10. The molecule has 4 nitrogen and oxygen atoms in total. The molecule has 1 aromatic carbocycles. The van der Waals surface area contributed by atoms with E-state index in [1.807, 2.05) is 51.1 Å². The second kappa shape index (κ2) is 6.34. The van der Waals surface area contributed by atoms with E-state index in [1.165, 1.54) is 5.56 Å². The van der Waals surface area contributed by atoms with E-state index in [-0.39, 0.29) is 17.9 Å². The van der Waals surface area contributed by atoms with Crippen LogP contribution in [0.2, 0.25) is 0 Å². The quantitative estimate of drug-likeness (QED) is 0.876. The first-order valence-corrected chi connectivity index (χ1v) is 8.26. The van der Waals surface area contributed by atoms with Crippen LogP contribution in [0.4, 0.5) is 0 Å². The van der Waals surface area contributed by atoms with Gasteiger partial charge in [-0.15, -0.1) is 0 Å². The van der Waals surface area contributed by atoms with Crippen LogP contribution in [0.1, 0.15) is 46.1 Å². The van der Waals surface area contributed by atoms with Gasteiger partial charge in [0.1, 0.15) is 0 Å². The van der Waals surface area contributed by atoms with Crippen LogP contribution in [0.25, 0.3) is 0 Å². The van der Waals surface area contributed by atoms with Crippen LogP contribution in [-0.4, -0.2) is 23.0 Å². The molecule has 0 bridgehead atoms. The van der Waals surface area contributed by atoms with Gasteiger partial charge in [0.15, 0.2) is 0 Å². The van der Waals surface area contributed by atoms with Crippen molar-refractivity contribution >= 4 is 11.9 Å². The maximum absolute atomic E-state index is 12.7. The fourth-order valence-corrected chi connectivity index (χ4v) is 3.70. The van der Waals surface area contributed by atoms with Gasteiger partial charge < -0.3 is 10.4 Å². The summed E-state index contributed by atoms with van der Waals surface area (Å²) in [4.78, 5) is 24.3. The van der Waals surface area contributed by atoms with Crippen molar-refractivity contribution in [1.82, 2.24) is 5.32 Å². The summed E-state index contributed by atoms with van der Waals surface area (Å²) in [5.41, 5.74) is -0.228. The van der Waals surface area contributed by atoms with Gasteiger partial charge >= 0.3 is 5.97 Å². The van der Waals surface area contributed by atoms with Crippen molar-refractivity contribution in [2.45, 2.75) is 53.0 Å². The molecule has 1 aromatic rings. The van der Waals surface area contributed by atoms with Crippen LogP contribution in [-0.2, 0) is 16.0 Å². The Bertz CT molecular complexity index is 582. The molecule has 0 radical (unpaired) electrons. The molecule has 0 aromatic heterocycles. The lowest BCUT2D eigenvalue weighted by atomic mass is 9.65. The van der Waals surface area contributed by atoms with Crippen LogP contribution >= 0.6 is 0 Å². The highest BCUT2D eigenvalue weighted by Gasteiger charge is 2.58. The Morgan fingerprint density at radius 3 is 2.39 bits per heavy atom. The largest absolute Gasteiger partial charge is 0.481 e. The highest BCUT2D eigenvalue weighted by Crippen LogP contribution is 2.56. The standard InChI is InChI=1S/C19H27NO3/c1-13(12-14-8-6-5-7-9-14)20-16(21)15-10-11-19(4,17(22)23)18(15,2)3/h5-9,13,15H,10-12H2,1-4H3,(H,20,21)(H,22,23)/t13-,15-,19+/m1/s1. The van der Waals surface area contributed by atoms with E-state index in [4.69, 9.17) is 0 Å². The average Bonchev–Trinajstić information content (AvgIpc) is 2.71. The average molecular weight is 317 g/mol. The lowest BCUT2D eigenvalue weighted by Crippen LogP contribution is -2.47. The molecular weight excluding hydrogens is 290 g/mol. The highest BCUT2D eigenvalue weighted by molar-refractivity contribution is 5.84. The smallest absolute Gasteiger partial charge is 0.309 e. The van der Waals surface area contributed by atoms with Gasteiger partial charge in [0.2, 0.25) is 5.91 Å². The first kappa shape index (κ1) is 17.5. The van der Waals surface area contributed by atoms with Crippen LogP contribution in [0.5, 0.6) is 0 Å². The highest BCUT2D eigenvalue weighted by atomic mass is 16.4. The Hall–Kier alpha value is -1.84. The molecule has 3 atom stereocenters. The molecule has 1 fully saturated rings. The molecule has 0 heterocycles. The minimum absolute atomic E-state index is 0.0246. The monoisotopic (exact) mass is 317 g/mol. The summed E-state index contributed by atoms with van der Waals surface area (Å²) in [5, 5.41) is 12.6. The second-order valence-corrected chi connectivity index (χ2v) is 7.55. The number of aliphatic carboxylic acids is 1. The normalized spacial score (nSPS) is 27.4. The molecule has 1 aliphatic rings. The van der Waals surface area contributed by atoms with Crippen LogP contribution in [0.3, 0.4) is 0 Å². The van der Waals surface area contributed by atoms with Gasteiger partial charge in [-0.1, -0.05) is 44.2 Å². The Morgan fingerprint density at radius 1 is 1.26 bits per heavy atom. The topological polar surface area (TPSA) is 66.4 Å². The minimum Gasteiger partial charge on any atom is -0.481 e. The number of hydrogen-bond acceptors (Lipinski definition) is 2. The van der Waals surface area contributed by atoms with E-state index in [1.54, 1.807) is 6.92 Å². The molecule has 126 valence electrons. The van der Waals surface area contributed by atoms with Crippen molar-refractivity contribution in [2.24, 2.45) is 16.7 Å². The number of carbonyl (C=O) groups is 2. The van der Waals surface area contributed by atoms with Crippen molar-refractivity contribution in [1.29, 1.82) is 0 Å². The number of amides is 1. The van der Waals surface area contributed by atoms with Gasteiger partial charge in [0, 0.05) is 12.0 Å². The molecule has 0 saturated heterocycles. The molecular formula is C19H27NO3. The Morgan fingerprint density at radius 2 is 1.87 bits per heavy atom. The number of carbonyl (C=O) groups excluding carboxylic acids is 1. The van der Waals surface area contributed by atoms with Gasteiger partial charge in [-0.2, -0.15) is 0 Å². The summed E-state index contributed by atoms with van der Waals surface area (Å²) in [6, 6.07) is 10.1. The second-order valence-electron chi connectivity index (χ2n) is 7.55. The first-order chi connectivity index (χ1) is 10.7. The number of carboxylic acid groups (broad SMARTS) is 1. The fraction of sp³-hybridized carbons (Fsp3) is 0.579. The van der Waals surface area contributed by atoms with Crippen LogP contribution in [0.15, 0.2) is 30.3 Å². The van der Waals surface area contributed by atoms with Crippen molar-refractivity contribution in [2.75, 3.05) is 0 Å². The predicted molar refractivity (Wildman–Crippen MR) is 90.0 cm³/mol. The molecule has 4 heteroatoms. The Labute approximate surface area is 138 Å². The molecule has 0 unspecified atom stereocenters. The summed E-state index contributed by atoms with van der Waals surface area (Å²) in [6.45, 7) is 7.56. The zero-order valence-electron chi connectivity index (χ0n) is 14.4. The van der Waals surface area contributed by atoms with Gasteiger partial charge in [0.25, 0.3) is 0 Å². The number of nitrogens with one attached hydrogen (secondary N) is 1. The fourth-order valence-electron chi connectivity index (χ4n) is 3.70. The molecule has 2 rings (SSSR count). The summed E-state index contributed by atoms with van der Waals surface area (Å²) in [7, 11) is 0. The third kappa shape index (κ3) is 3.26. The molecule has 1 saturated carbocycles. The van der Waals surface area contributed by atoms with E-state index in [9.17, 15) is 14.7 Å². The number of carboxylic acids is 1. The third-order valence-electron chi connectivity index (χ3n) is 5.79. The molecule has 23 heavy (non-hydrogen) atoms. The van der Waals surface area contributed by atoms with E-state index >= 15 is 0 Å². The lowest BCUT2D eigenvalue weighted by Gasteiger charge is -2.38. The Kier molecular flexibility index (Phi) is 4.83. The number of rotatable bonds is 5. The van der Waals surface area contributed by atoms with Gasteiger partial charge in [-0.05, 0) is 44.1 Å². The predicted octanol–water partition coefficient (Wildman–Crippen LogP) is 3.26. The van der Waals surface area contributed by atoms with Crippen molar-refractivity contribution in [3.63, 3.8) is 0 Å². The SMILES string of the molecule is C[C@H](Cc1ccccc1)NC(=O)[C@H]1CC[C@@](C)(C(=O)O)C1(C)C. The molecule has 0 aliphatic heterocycles. The molecule has 1 amide bonds. The first-order valence-electron chi connectivity index (χ1n) is 8.26. The Balaban J connectivity index is 2.02. The summed E-state index contributed by atoms with van der Waals surface area (Å²) < 4.78 is 0. The van der Waals surface area contributed by atoms with Crippen molar-refractivity contribution < 1.29 is 14.7 Å². The summed E-state index contributed by atoms with van der Waals surface area (Å²) in [6.07, 6.45) is 1.94. The minimum atomic E-state index is -0.850. The van der Waals surface area contributed by atoms with Gasteiger partial charge in [-0.25, -0.2) is 0 Å². The molecule has 1 aliphatic carbocycles. The zero-order chi connectivity index (χ0) is 17.3. The lowest BCUT2D eigenvalue weighted by molar-refractivity contribution is -0.155. The third-order valence-corrected chi connectivity index (χ3v) is 5.79. The van der Waals surface area contributed by atoms with E-state index in [2.05, 4.69) is 5.32 Å². The van der Waals surface area contributed by atoms with Crippen molar-refractivity contribution in [3.05, 3.63) is 35.9 Å². The van der Waals surface area contributed by atoms with Crippen molar-refractivity contribution in [3.8, 4) is 0 Å². The number of hydrogen-bond donors (Lipinski definition) is 2. The van der Waals surface area contributed by atoms with Crippen LogP contribution < -0.4 is 5.32 Å². The number of benzene rings is 1.